The molecule has 2 aromatic heterocycles. The number of amides is 1. The summed E-state index contributed by atoms with van der Waals surface area (Å²) in [6.07, 6.45) is 2.84. The highest BCUT2D eigenvalue weighted by molar-refractivity contribution is 9.10. The lowest BCUT2D eigenvalue weighted by Crippen LogP contribution is -2.46. The van der Waals surface area contributed by atoms with Crippen molar-refractivity contribution in [3.63, 3.8) is 0 Å². The van der Waals surface area contributed by atoms with Crippen molar-refractivity contribution in [3.8, 4) is 17.3 Å². The molecule has 0 bridgehead atoms. The van der Waals surface area contributed by atoms with Crippen molar-refractivity contribution in [1.29, 1.82) is 5.26 Å². The minimum Gasteiger partial charge on any atom is -0.444 e. The van der Waals surface area contributed by atoms with E-state index in [9.17, 15) is 9.18 Å². The van der Waals surface area contributed by atoms with Crippen LogP contribution in [0.2, 0.25) is 0 Å². The van der Waals surface area contributed by atoms with Gasteiger partial charge >= 0.3 is 6.09 Å². The lowest BCUT2D eigenvalue weighted by molar-refractivity contribution is 0.0497. The highest BCUT2D eigenvalue weighted by atomic mass is 79.9. The van der Waals surface area contributed by atoms with Crippen molar-refractivity contribution < 1.29 is 13.9 Å². The largest absolute Gasteiger partial charge is 0.444 e. The zero-order chi connectivity index (χ0) is 23.8. The number of anilines is 1. The van der Waals surface area contributed by atoms with Gasteiger partial charge in [-0.05, 0) is 67.7 Å². The molecule has 3 heterocycles. The highest BCUT2D eigenvalue weighted by Crippen LogP contribution is 2.33. The van der Waals surface area contributed by atoms with Crippen molar-refractivity contribution in [2.75, 3.05) is 18.0 Å². The minimum atomic E-state index is -0.591. The first kappa shape index (κ1) is 23.0. The van der Waals surface area contributed by atoms with Crippen molar-refractivity contribution in [2.45, 2.75) is 45.3 Å². The lowest BCUT2D eigenvalue weighted by atomic mass is 10.1. The lowest BCUT2D eigenvalue weighted by Gasteiger charge is -2.34. The molecule has 0 aliphatic carbocycles. The third kappa shape index (κ3) is 4.93. The molecule has 4 rings (SSSR count). The second kappa shape index (κ2) is 8.98. The smallest absolute Gasteiger partial charge is 0.407 e. The summed E-state index contributed by atoms with van der Waals surface area (Å²) < 4.78 is 21.9. The number of benzene rings is 1. The molecule has 1 aliphatic rings. The first-order chi connectivity index (χ1) is 15.7. The average Bonchev–Trinajstić information content (AvgIpc) is 3.10. The number of aromatic nitrogens is 3. The molecule has 3 aromatic rings. The molecule has 1 aliphatic heterocycles. The Hall–Kier alpha value is -3.19. The third-order valence-corrected chi connectivity index (χ3v) is 6.08. The number of rotatable bonds is 3. The van der Waals surface area contributed by atoms with E-state index in [-0.39, 0.29) is 11.6 Å². The Balaban J connectivity index is 1.54. The van der Waals surface area contributed by atoms with E-state index in [4.69, 9.17) is 10.00 Å². The number of hydrogen-bond acceptors (Lipinski definition) is 6. The molecular formula is C23H24BrFN6O2. The van der Waals surface area contributed by atoms with Crippen LogP contribution in [0.1, 0.15) is 39.2 Å². The minimum absolute atomic E-state index is 0.0136. The summed E-state index contributed by atoms with van der Waals surface area (Å²) >= 11 is 3.55. The number of fused-ring (bicyclic) bond motifs is 1. The van der Waals surface area contributed by atoms with Gasteiger partial charge in [0.1, 0.15) is 29.0 Å². The van der Waals surface area contributed by atoms with Crippen LogP contribution >= 0.6 is 15.9 Å². The number of nitrogens with one attached hydrogen (secondary N) is 1. The van der Waals surface area contributed by atoms with E-state index in [1.54, 1.807) is 16.8 Å². The van der Waals surface area contributed by atoms with Gasteiger partial charge in [0, 0.05) is 30.9 Å². The molecule has 0 radical (unpaired) electrons. The predicted molar refractivity (Wildman–Crippen MR) is 125 cm³/mol. The van der Waals surface area contributed by atoms with Crippen LogP contribution in [-0.4, -0.2) is 45.4 Å². The Morgan fingerprint density at radius 1 is 1.30 bits per heavy atom. The van der Waals surface area contributed by atoms with Gasteiger partial charge in [-0.1, -0.05) is 6.07 Å². The summed E-state index contributed by atoms with van der Waals surface area (Å²) in [7, 11) is 0. The van der Waals surface area contributed by atoms with E-state index in [1.165, 1.54) is 12.1 Å². The van der Waals surface area contributed by atoms with Crippen LogP contribution in [0, 0.1) is 17.1 Å². The van der Waals surface area contributed by atoms with Gasteiger partial charge in [0.25, 0.3) is 0 Å². The number of piperidine rings is 1. The molecule has 1 N–H and O–H groups in total. The third-order valence-electron chi connectivity index (χ3n) is 5.35. The monoisotopic (exact) mass is 514 g/mol. The fourth-order valence-corrected chi connectivity index (χ4v) is 4.39. The van der Waals surface area contributed by atoms with Crippen molar-refractivity contribution in [3.05, 3.63) is 46.3 Å². The van der Waals surface area contributed by atoms with Gasteiger partial charge in [-0.15, -0.1) is 0 Å². The molecule has 8 nitrogen and oxygen atoms in total. The molecule has 172 valence electrons. The molecule has 1 aromatic carbocycles. The van der Waals surface area contributed by atoms with E-state index in [1.807, 2.05) is 32.9 Å². The number of carbonyl (C=O) groups excluding carboxylic acids is 1. The fourth-order valence-electron chi connectivity index (χ4n) is 3.81. The summed E-state index contributed by atoms with van der Waals surface area (Å²) in [6, 6.07) is 8.17. The number of hydrogen-bond donors (Lipinski definition) is 1. The quantitative estimate of drug-likeness (QED) is 0.545. The summed E-state index contributed by atoms with van der Waals surface area (Å²) in [5, 5.41) is 16.6. The molecule has 1 amide bonds. The zero-order valence-corrected chi connectivity index (χ0v) is 20.2. The summed E-state index contributed by atoms with van der Waals surface area (Å²) in [6.45, 7) is 6.96. The fraction of sp³-hybridized carbons (Fsp3) is 0.391. The maximum absolute atomic E-state index is 14.2. The Morgan fingerprint density at radius 3 is 2.67 bits per heavy atom. The summed E-state index contributed by atoms with van der Waals surface area (Å²) in [5.41, 5.74) is 1.16. The number of halogens is 2. The van der Waals surface area contributed by atoms with Crippen LogP contribution < -0.4 is 10.2 Å². The van der Waals surface area contributed by atoms with E-state index < -0.39 is 17.5 Å². The molecule has 0 atom stereocenters. The number of nitriles is 1. The number of alkyl carbamates (subject to hydrolysis) is 1. The van der Waals surface area contributed by atoms with Gasteiger partial charge in [0.05, 0.1) is 10.0 Å². The van der Waals surface area contributed by atoms with Gasteiger partial charge in [-0.2, -0.15) is 14.9 Å². The van der Waals surface area contributed by atoms with Gasteiger partial charge in [0.15, 0.2) is 5.65 Å². The molecule has 10 heteroatoms. The van der Waals surface area contributed by atoms with E-state index in [0.717, 1.165) is 31.7 Å². The molecule has 0 spiro atoms. The topological polar surface area (TPSA) is 95.5 Å². The number of nitrogens with zero attached hydrogens (tertiary/aromatic N) is 5. The average molecular weight is 515 g/mol. The first-order valence-corrected chi connectivity index (χ1v) is 11.4. The van der Waals surface area contributed by atoms with Gasteiger partial charge in [-0.3, -0.25) is 0 Å². The Bertz CT molecular complexity index is 1240. The van der Waals surface area contributed by atoms with Crippen molar-refractivity contribution in [1.82, 2.24) is 19.9 Å². The summed E-state index contributed by atoms with van der Waals surface area (Å²) in [5.74, 6) is 0.267. The molecule has 0 unspecified atom stereocenters. The second-order valence-corrected chi connectivity index (χ2v) is 9.71. The Morgan fingerprint density at radius 2 is 2.03 bits per heavy atom. The maximum Gasteiger partial charge on any atom is 0.407 e. The maximum atomic E-state index is 14.2. The van der Waals surface area contributed by atoms with Gasteiger partial charge in [-0.25, -0.2) is 14.2 Å². The highest BCUT2D eigenvalue weighted by Gasteiger charge is 2.26. The van der Waals surface area contributed by atoms with E-state index in [0.29, 0.717) is 21.4 Å². The van der Waals surface area contributed by atoms with Crippen LogP contribution in [-0.2, 0) is 4.74 Å². The summed E-state index contributed by atoms with van der Waals surface area (Å²) in [4.78, 5) is 18.7. The SMILES string of the molecule is CC(C)(C)OC(=O)NC1CCN(c2ccnc3c(Br)c(-c4ccc(C#N)c(F)c4)nn23)CC1. The van der Waals surface area contributed by atoms with Crippen LogP contribution in [0.4, 0.5) is 15.0 Å². The predicted octanol–water partition coefficient (Wildman–Crippen LogP) is 4.66. The first-order valence-electron chi connectivity index (χ1n) is 10.6. The molecule has 1 fully saturated rings. The standard InChI is InChI=1S/C23H24BrFN6O2/c1-23(2,3)33-22(32)28-16-7-10-30(11-8-16)18-6-9-27-21-19(24)20(29-31(18)21)14-4-5-15(13-26)17(25)12-14/h4-6,9,12,16H,7-8,10-11H2,1-3H3,(H,28,32). The van der Waals surface area contributed by atoms with Crippen LogP contribution in [0.5, 0.6) is 0 Å². The van der Waals surface area contributed by atoms with Crippen LogP contribution in [0.25, 0.3) is 16.9 Å². The number of carbonyl (C=O) groups is 1. The molecular weight excluding hydrogens is 491 g/mol. The zero-order valence-electron chi connectivity index (χ0n) is 18.6. The van der Waals surface area contributed by atoms with E-state index in [2.05, 4.69) is 36.2 Å². The molecule has 0 saturated carbocycles. The normalized spacial score (nSPS) is 14.8. The van der Waals surface area contributed by atoms with Crippen molar-refractivity contribution >= 4 is 33.5 Å². The van der Waals surface area contributed by atoms with Crippen molar-refractivity contribution in [2.24, 2.45) is 0 Å². The molecule has 33 heavy (non-hydrogen) atoms. The van der Waals surface area contributed by atoms with Gasteiger partial charge < -0.3 is 15.0 Å². The van der Waals surface area contributed by atoms with Crippen LogP contribution in [0.3, 0.4) is 0 Å². The Kier molecular flexibility index (Phi) is 6.26. The van der Waals surface area contributed by atoms with Crippen LogP contribution in [0.15, 0.2) is 34.9 Å². The number of ether oxygens (including phenoxy) is 1. The molecule has 1 saturated heterocycles. The second-order valence-electron chi connectivity index (χ2n) is 8.92. The van der Waals surface area contributed by atoms with E-state index >= 15 is 0 Å². The Labute approximate surface area is 199 Å². The van der Waals surface area contributed by atoms with Gasteiger partial charge in [0.2, 0.25) is 0 Å².